The zero-order chi connectivity index (χ0) is 13.4. The van der Waals surface area contributed by atoms with Crippen molar-refractivity contribution in [2.24, 2.45) is 0 Å². The van der Waals surface area contributed by atoms with Crippen LogP contribution in [0, 0.1) is 6.92 Å². The molecule has 94 valence electrons. The van der Waals surface area contributed by atoms with E-state index in [1.807, 2.05) is 0 Å². The van der Waals surface area contributed by atoms with Gasteiger partial charge in [0.05, 0.1) is 5.69 Å². The molecule has 7 heteroatoms. The van der Waals surface area contributed by atoms with Crippen molar-refractivity contribution in [2.45, 2.75) is 6.92 Å². The fourth-order valence-electron chi connectivity index (χ4n) is 1.76. The highest BCUT2D eigenvalue weighted by atomic mass is 16.4. The van der Waals surface area contributed by atoms with E-state index in [1.165, 1.54) is 10.9 Å². The molecule has 0 aliphatic heterocycles. The van der Waals surface area contributed by atoms with Crippen LogP contribution in [0.25, 0.3) is 17.0 Å². The minimum absolute atomic E-state index is 0.154. The first-order valence-electron chi connectivity index (χ1n) is 5.53. The number of fused-ring (bicyclic) bond motifs is 1. The molecular formula is C12H9N5O2. The third-order valence-electron chi connectivity index (χ3n) is 2.68. The van der Waals surface area contributed by atoms with Gasteiger partial charge in [-0.25, -0.2) is 19.4 Å². The maximum atomic E-state index is 11.0. The first-order valence-corrected chi connectivity index (χ1v) is 5.53. The molecule has 19 heavy (non-hydrogen) atoms. The SMILES string of the molecule is Cc1nn(-c2ccc3nccnc3n2)cc1C(=O)O. The Bertz CT molecular complexity index is 781. The number of rotatable bonds is 2. The van der Waals surface area contributed by atoms with Gasteiger partial charge in [-0.15, -0.1) is 0 Å². The van der Waals surface area contributed by atoms with Gasteiger partial charge in [-0.3, -0.25) is 4.98 Å². The van der Waals surface area contributed by atoms with Crippen molar-refractivity contribution in [2.75, 3.05) is 0 Å². The molecule has 0 atom stereocenters. The van der Waals surface area contributed by atoms with Crippen LogP contribution in [-0.4, -0.2) is 35.8 Å². The zero-order valence-corrected chi connectivity index (χ0v) is 9.98. The lowest BCUT2D eigenvalue weighted by Gasteiger charge is -2.00. The van der Waals surface area contributed by atoms with Crippen LogP contribution in [0.4, 0.5) is 0 Å². The quantitative estimate of drug-likeness (QED) is 0.739. The minimum atomic E-state index is -1.01. The minimum Gasteiger partial charge on any atom is -0.478 e. The van der Waals surface area contributed by atoms with Gasteiger partial charge < -0.3 is 5.11 Å². The Hall–Kier alpha value is -2.83. The van der Waals surface area contributed by atoms with Crippen molar-refractivity contribution in [3.05, 3.63) is 42.0 Å². The molecule has 0 saturated carbocycles. The van der Waals surface area contributed by atoms with Crippen LogP contribution in [0.2, 0.25) is 0 Å². The Labute approximate surface area is 107 Å². The smallest absolute Gasteiger partial charge is 0.339 e. The van der Waals surface area contributed by atoms with Gasteiger partial charge in [0.15, 0.2) is 11.5 Å². The highest BCUT2D eigenvalue weighted by Crippen LogP contribution is 2.13. The highest BCUT2D eigenvalue weighted by molar-refractivity contribution is 5.88. The van der Waals surface area contributed by atoms with Crippen LogP contribution >= 0.6 is 0 Å². The summed E-state index contributed by atoms with van der Waals surface area (Å²) in [5.41, 5.74) is 1.76. The number of hydrogen-bond donors (Lipinski definition) is 1. The van der Waals surface area contributed by atoms with Crippen molar-refractivity contribution in [3.63, 3.8) is 0 Å². The second kappa shape index (κ2) is 4.13. The van der Waals surface area contributed by atoms with Crippen LogP contribution in [0.3, 0.4) is 0 Å². The van der Waals surface area contributed by atoms with Crippen molar-refractivity contribution in [1.82, 2.24) is 24.7 Å². The first kappa shape index (κ1) is 11.3. The van der Waals surface area contributed by atoms with Gasteiger partial charge in [0.25, 0.3) is 0 Å². The number of carbonyl (C=O) groups is 1. The summed E-state index contributed by atoms with van der Waals surface area (Å²) in [6.07, 6.45) is 4.57. The summed E-state index contributed by atoms with van der Waals surface area (Å²) in [4.78, 5) is 23.5. The van der Waals surface area contributed by atoms with E-state index in [1.54, 1.807) is 31.5 Å². The summed E-state index contributed by atoms with van der Waals surface area (Å²) in [5, 5.41) is 13.1. The van der Waals surface area contributed by atoms with E-state index in [4.69, 9.17) is 5.11 Å². The van der Waals surface area contributed by atoms with E-state index in [-0.39, 0.29) is 5.56 Å². The van der Waals surface area contributed by atoms with Crippen LogP contribution in [0.5, 0.6) is 0 Å². The number of aryl methyl sites for hydroxylation is 1. The Morgan fingerprint density at radius 3 is 2.79 bits per heavy atom. The van der Waals surface area contributed by atoms with Gasteiger partial charge in [-0.2, -0.15) is 5.10 Å². The lowest BCUT2D eigenvalue weighted by Crippen LogP contribution is -1.99. The average Bonchev–Trinajstić information content (AvgIpc) is 2.80. The third kappa shape index (κ3) is 1.90. The number of hydrogen-bond acceptors (Lipinski definition) is 5. The molecule has 7 nitrogen and oxygen atoms in total. The summed E-state index contributed by atoms with van der Waals surface area (Å²) in [5.74, 6) is -0.507. The summed E-state index contributed by atoms with van der Waals surface area (Å²) < 4.78 is 1.42. The molecule has 0 unspecified atom stereocenters. The van der Waals surface area contributed by atoms with Crippen LogP contribution < -0.4 is 0 Å². The fraction of sp³-hybridized carbons (Fsp3) is 0.0833. The summed E-state index contributed by atoms with van der Waals surface area (Å²) in [6, 6.07) is 3.48. The Kier molecular flexibility index (Phi) is 2.45. The first-order chi connectivity index (χ1) is 9.15. The number of carboxylic acid groups (broad SMARTS) is 1. The summed E-state index contributed by atoms with van der Waals surface area (Å²) >= 11 is 0. The molecule has 3 aromatic heterocycles. The predicted octanol–water partition coefficient (Wildman–Crippen LogP) is 1.22. The van der Waals surface area contributed by atoms with Gasteiger partial charge in [-0.05, 0) is 19.1 Å². The zero-order valence-electron chi connectivity index (χ0n) is 9.98. The van der Waals surface area contributed by atoms with Gasteiger partial charge in [0.2, 0.25) is 0 Å². The van der Waals surface area contributed by atoms with Gasteiger partial charge in [0, 0.05) is 18.6 Å². The normalized spacial score (nSPS) is 10.8. The third-order valence-corrected chi connectivity index (χ3v) is 2.68. The molecule has 0 radical (unpaired) electrons. The average molecular weight is 255 g/mol. The molecular weight excluding hydrogens is 246 g/mol. The number of carboxylic acids is 1. The van der Waals surface area contributed by atoms with Gasteiger partial charge >= 0.3 is 5.97 Å². The van der Waals surface area contributed by atoms with Crippen LogP contribution in [-0.2, 0) is 0 Å². The molecule has 3 heterocycles. The van der Waals surface area contributed by atoms with Gasteiger partial charge in [-0.1, -0.05) is 0 Å². The van der Waals surface area contributed by atoms with E-state index in [0.29, 0.717) is 22.7 Å². The van der Waals surface area contributed by atoms with Crippen molar-refractivity contribution in [1.29, 1.82) is 0 Å². The number of aromatic carboxylic acids is 1. The maximum absolute atomic E-state index is 11.0. The molecule has 0 aromatic carbocycles. The van der Waals surface area contributed by atoms with E-state index in [2.05, 4.69) is 20.1 Å². The Morgan fingerprint density at radius 1 is 1.26 bits per heavy atom. The van der Waals surface area contributed by atoms with Crippen molar-refractivity contribution in [3.8, 4) is 5.82 Å². The lowest BCUT2D eigenvalue weighted by atomic mass is 10.3. The van der Waals surface area contributed by atoms with Crippen molar-refractivity contribution >= 4 is 17.1 Å². The monoisotopic (exact) mass is 255 g/mol. The molecule has 3 rings (SSSR count). The maximum Gasteiger partial charge on any atom is 0.339 e. The highest BCUT2D eigenvalue weighted by Gasteiger charge is 2.13. The Balaban J connectivity index is 2.13. The predicted molar refractivity (Wildman–Crippen MR) is 66.2 cm³/mol. The number of pyridine rings is 1. The van der Waals surface area contributed by atoms with E-state index in [0.717, 1.165) is 0 Å². The van der Waals surface area contributed by atoms with Gasteiger partial charge in [0.1, 0.15) is 11.1 Å². The molecule has 0 aliphatic rings. The lowest BCUT2D eigenvalue weighted by molar-refractivity contribution is 0.0696. The molecule has 0 amide bonds. The molecule has 1 N–H and O–H groups in total. The van der Waals surface area contributed by atoms with Crippen molar-refractivity contribution < 1.29 is 9.90 Å². The molecule has 0 bridgehead atoms. The molecule has 0 aliphatic carbocycles. The Morgan fingerprint density at radius 2 is 2.05 bits per heavy atom. The second-order valence-electron chi connectivity index (χ2n) is 3.95. The van der Waals surface area contributed by atoms with E-state index < -0.39 is 5.97 Å². The molecule has 0 saturated heterocycles. The summed E-state index contributed by atoms with van der Waals surface area (Å²) in [7, 11) is 0. The number of aromatic nitrogens is 5. The molecule has 0 fully saturated rings. The van der Waals surface area contributed by atoms with Crippen LogP contribution in [0.15, 0.2) is 30.7 Å². The number of nitrogens with zero attached hydrogens (tertiary/aromatic N) is 5. The van der Waals surface area contributed by atoms with E-state index in [9.17, 15) is 4.79 Å². The fourth-order valence-corrected chi connectivity index (χ4v) is 1.76. The second-order valence-corrected chi connectivity index (χ2v) is 3.95. The van der Waals surface area contributed by atoms with E-state index >= 15 is 0 Å². The standard InChI is InChI=1S/C12H9N5O2/c1-7-8(12(18)19)6-17(16-7)10-3-2-9-11(15-10)14-5-4-13-9/h2-6H,1H3,(H,18,19). The molecule has 0 spiro atoms. The largest absolute Gasteiger partial charge is 0.478 e. The molecule has 3 aromatic rings. The topological polar surface area (TPSA) is 93.8 Å². The van der Waals surface area contributed by atoms with Crippen LogP contribution in [0.1, 0.15) is 16.1 Å². The summed E-state index contributed by atoms with van der Waals surface area (Å²) in [6.45, 7) is 1.64.